The van der Waals surface area contributed by atoms with Crippen molar-refractivity contribution in [2.45, 2.75) is 0 Å². The van der Waals surface area contributed by atoms with Crippen molar-refractivity contribution in [1.29, 1.82) is 0 Å². The summed E-state index contributed by atoms with van der Waals surface area (Å²) in [4.78, 5) is 27.1. The molecule has 0 aliphatic heterocycles. The molecule has 112 valence electrons. The zero-order valence-electron chi connectivity index (χ0n) is 11.9. The summed E-state index contributed by atoms with van der Waals surface area (Å²) in [7, 11) is 1.28. The van der Waals surface area contributed by atoms with Gasteiger partial charge in [-0.2, -0.15) is 0 Å². The van der Waals surface area contributed by atoms with E-state index in [1.807, 2.05) is 6.07 Å². The van der Waals surface area contributed by atoms with Crippen LogP contribution >= 0.6 is 0 Å². The number of nitrogens with one attached hydrogen (secondary N) is 2. The first-order chi connectivity index (χ1) is 10.7. The standard InChI is InChI=1S/C16H15N3O3/c1-22-16(21)19-14-7-4-6-13(11-14)18-15(20)9-8-12-5-2-3-10-17-12/h2-11H,1H3,(H,18,20)(H,19,21)/b9-8+. The van der Waals surface area contributed by atoms with Crippen molar-refractivity contribution in [3.05, 3.63) is 60.4 Å². The monoisotopic (exact) mass is 297 g/mol. The lowest BCUT2D eigenvalue weighted by atomic mass is 10.2. The van der Waals surface area contributed by atoms with Gasteiger partial charge in [0.25, 0.3) is 0 Å². The summed E-state index contributed by atoms with van der Waals surface area (Å²) < 4.78 is 4.51. The number of ether oxygens (including phenoxy) is 1. The highest BCUT2D eigenvalue weighted by molar-refractivity contribution is 6.02. The van der Waals surface area contributed by atoms with Crippen molar-refractivity contribution < 1.29 is 14.3 Å². The Bertz CT molecular complexity index is 684. The largest absolute Gasteiger partial charge is 0.453 e. The van der Waals surface area contributed by atoms with Crippen molar-refractivity contribution in [2.75, 3.05) is 17.7 Å². The molecule has 0 bridgehead atoms. The van der Waals surface area contributed by atoms with Crippen LogP contribution in [0.4, 0.5) is 16.2 Å². The normalized spacial score (nSPS) is 10.2. The minimum atomic E-state index is -0.571. The van der Waals surface area contributed by atoms with Gasteiger partial charge in [-0.15, -0.1) is 0 Å². The molecule has 0 saturated heterocycles. The van der Waals surface area contributed by atoms with E-state index < -0.39 is 6.09 Å². The topological polar surface area (TPSA) is 80.3 Å². The third kappa shape index (κ3) is 4.75. The summed E-state index contributed by atoms with van der Waals surface area (Å²) in [6.07, 6.45) is 4.09. The van der Waals surface area contributed by atoms with E-state index in [2.05, 4.69) is 20.4 Å². The maximum Gasteiger partial charge on any atom is 0.411 e. The number of hydrogen-bond acceptors (Lipinski definition) is 4. The van der Waals surface area contributed by atoms with Gasteiger partial charge in [-0.1, -0.05) is 12.1 Å². The van der Waals surface area contributed by atoms with Gasteiger partial charge in [0.1, 0.15) is 0 Å². The van der Waals surface area contributed by atoms with Crippen LogP contribution in [0.15, 0.2) is 54.7 Å². The first kappa shape index (κ1) is 15.2. The Kier molecular flexibility index (Phi) is 5.25. The molecular formula is C16H15N3O3. The van der Waals surface area contributed by atoms with E-state index in [0.29, 0.717) is 17.1 Å². The zero-order valence-corrected chi connectivity index (χ0v) is 11.9. The second kappa shape index (κ2) is 7.58. The summed E-state index contributed by atoms with van der Waals surface area (Å²) in [6, 6.07) is 12.2. The summed E-state index contributed by atoms with van der Waals surface area (Å²) >= 11 is 0. The van der Waals surface area contributed by atoms with Gasteiger partial charge >= 0.3 is 6.09 Å². The number of rotatable bonds is 4. The third-order valence-electron chi connectivity index (χ3n) is 2.66. The van der Waals surface area contributed by atoms with E-state index in [1.165, 1.54) is 13.2 Å². The van der Waals surface area contributed by atoms with Crippen LogP contribution in [0.3, 0.4) is 0 Å². The van der Waals surface area contributed by atoms with Crippen molar-refractivity contribution in [2.24, 2.45) is 0 Å². The third-order valence-corrected chi connectivity index (χ3v) is 2.66. The molecule has 0 saturated carbocycles. The Morgan fingerprint density at radius 3 is 2.55 bits per heavy atom. The summed E-state index contributed by atoms with van der Waals surface area (Å²) in [5.74, 6) is -0.291. The van der Waals surface area contributed by atoms with Gasteiger partial charge in [0.05, 0.1) is 12.8 Å². The number of aromatic nitrogens is 1. The molecule has 0 spiro atoms. The van der Waals surface area contributed by atoms with E-state index in [-0.39, 0.29) is 5.91 Å². The van der Waals surface area contributed by atoms with Crippen LogP contribution < -0.4 is 10.6 Å². The van der Waals surface area contributed by atoms with Crippen LogP contribution in [0.2, 0.25) is 0 Å². The first-order valence-electron chi connectivity index (χ1n) is 6.52. The predicted molar refractivity (Wildman–Crippen MR) is 84.4 cm³/mol. The lowest BCUT2D eigenvalue weighted by Gasteiger charge is -2.06. The van der Waals surface area contributed by atoms with Crippen LogP contribution in [-0.4, -0.2) is 24.1 Å². The van der Waals surface area contributed by atoms with Crippen molar-refractivity contribution in [3.63, 3.8) is 0 Å². The predicted octanol–water partition coefficient (Wildman–Crippen LogP) is 2.91. The highest BCUT2D eigenvalue weighted by Gasteiger charge is 2.03. The van der Waals surface area contributed by atoms with Gasteiger partial charge in [0.15, 0.2) is 0 Å². The van der Waals surface area contributed by atoms with Gasteiger partial charge in [0, 0.05) is 23.6 Å². The lowest BCUT2D eigenvalue weighted by Crippen LogP contribution is -2.12. The van der Waals surface area contributed by atoms with E-state index in [4.69, 9.17) is 0 Å². The Hall–Kier alpha value is -3.15. The Morgan fingerprint density at radius 1 is 1.09 bits per heavy atom. The minimum absolute atomic E-state index is 0.291. The molecule has 6 nitrogen and oxygen atoms in total. The summed E-state index contributed by atoms with van der Waals surface area (Å²) in [6.45, 7) is 0. The molecule has 2 rings (SSSR count). The van der Waals surface area contributed by atoms with Crippen molar-refractivity contribution in [3.8, 4) is 0 Å². The molecule has 1 heterocycles. The number of hydrogen-bond donors (Lipinski definition) is 2. The van der Waals surface area contributed by atoms with Crippen molar-refractivity contribution >= 4 is 29.5 Å². The van der Waals surface area contributed by atoms with E-state index in [9.17, 15) is 9.59 Å². The molecule has 2 amide bonds. The number of nitrogens with zero attached hydrogens (tertiary/aromatic N) is 1. The first-order valence-corrected chi connectivity index (χ1v) is 6.52. The van der Waals surface area contributed by atoms with Crippen LogP contribution in [0.25, 0.3) is 6.08 Å². The summed E-state index contributed by atoms with van der Waals surface area (Å²) in [5.41, 5.74) is 1.78. The lowest BCUT2D eigenvalue weighted by molar-refractivity contribution is -0.111. The highest BCUT2D eigenvalue weighted by Crippen LogP contribution is 2.15. The van der Waals surface area contributed by atoms with Gasteiger partial charge in [0.2, 0.25) is 5.91 Å². The average Bonchev–Trinajstić information content (AvgIpc) is 2.54. The molecule has 2 N–H and O–H groups in total. The fraction of sp³-hybridized carbons (Fsp3) is 0.0625. The minimum Gasteiger partial charge on any atom is -0.453 e. The van der Waals surface area contributed by atoms with Gasteiger partial charge in [-0.25, -0.2) is 4.79 Å². The smallest absolute Gasteiger partial charge is 0.411 e. The SMILES string of the molecule is COC(=O)Nc1cccc(NC(=O)/C=C/c2ccccn2)c1. The number of carbonyl (C=O) groups excluding carboxylic acids is 2. The molecule has 1 aromatic heterocycles. The van der Waals surface area contributed by atoms with Crippen LogP contribution in [0.1, 0.15) is 5.69 Å². The number of amides is 2. The average molecular weight is 297 g/mol. The molecule has 0 fully saturated rings. The number of methoxy groups -OCH3 is 1. The zero-order chi connectivity index (χ0) is 15.8. The van der Waals surface area contributed by atoms with Crippen molar-refractivity contribution in [1.82, 2.24) is 4.98 Å². The maximum absolute atomic E-state index is 11.8. The maximum atomic E-state index is 11.8. The Labute approximate surface area is 127 Å². The van der Waals surface area contributed by atoms with Gasteiger partial charge in [-0.05, 0) is 36.4 Å². The fourth-order valence-corrected chi connectivity index (χ4v) is 1.66. The van der Waals surface area contributed by atoms with E-state index in [0.717, 1.165) is 0 Å². The Balaban J connectivity index is 1.98. The molecular weight excluding hydrogens is 282 g/mol. The van der Waals surface area contributed by atoms with Crippen LogP contribution in [0, 0.1) is 0 Å². The molecule has 0 atom stereocenters. The van der Waals surface area contributed by atoms with Gasteiger partial charge in [-0.3, -0.25) is 15.1 Å². The number of carbonyl (C=O) groups is 2. The van der Waals surface area contributed by atoms with Crippen LogP contribution in [0.5, 0.6) is 0 Å². The number of benzene rings is 1. The molecule has 2 aromatic rings. The molecule has 0 aliphatic rings. The molecule has 0 aliphatic carbocycles. The second-order valence-electron chi connectivity index (χ2n) is 4.27. The number of pyridine rings is 1. The highest BCUT2D eigenvalue weighted by atomic mass is 16.5. The number of anilines is 2. The molecule has 6 heteroatoms. The molecule has 0 radical (unpaired) electrons. The molecule has 22 heavy (non-hydrogen) atoms. The van der Waals surface area contributed by atoms with Crippen LogP contribution in [-0.2, 0) is 9.53 Å². The van der Waals surface area contributed by atoms with Gasteiger partial charge < -0.3 is 10.1 Å². The molecule has 0 unspecified atom stereocenters. The van der Waals surface area contributed by atoms with E-state index in [1.54, 1.807) is 48.7 Å². The van der Waals surface area contributed by atoms with E-state index >= 15 is 0 Å². The molecule has 1 aromatic carbocycles. The quantitative estimate of drug-likeness (QED) is 0.850. The Morgan fingerprint density at radius 2 is 1.86 bits per heavy atom. The summed E-state index contributed by atoms with van der Waals surface area (Å²) in [5, 5.41) is 5.22. The second-order valence-corrected chi connectivity index (χ2v) is 4.27. The fourth-order valence-electron chi connectivity index (χ4n) is 1.66.